The van der Waals surface area contributed by atoms with Crippen molar-refractivity contribution < 1.29 is 4.52 Å². The van der Waals surface area contributed by atoms with Crippen molar-refractivity contribution in [3.05, 3.63) is 35.7 Å². The SMILES string of the molecule is CC(N)c1noc(-c2ccc(C#N)cc2)n1. The van der Waals surface area contributed by atoms with Crippen LogP contribution in [-0.2, 0) is 0 Å². The van der Waals surface area contributed by atoms with Crippen LogP contribution < -0.4 is 5.73 Å². The molecular formula is C11H10N4O. The second kappa shape index (κ2) is 4.13. The fourth-order valence-corrected chi connectivity index (χ4v) is 1.22. The fraction of sp³-hybridized carbons (Fsp3) is 0.182. The van der Waals surface area contributed by atoms with Crippen LogP contribution in [0.1, 0.15) is 24.4 Å². The number of rotatable bonds is 2. The van der Waals surface area contributed by atoms with Crippen LogP contribution in [0.15, 0.2) is 28.8 Å². The highest BCUT2D eigenvalue weighted by molar-refractivity contribution is 5.54. The highest BCUT2D eigenvalue weighted by Crippen LogP contribution is 2.18. The van der Waals surface area contributed by atoms with Crippen molar-refractivity contribution in [1.82, 2.24) is 10.1 Å². The highest BCUT2D eigenvalue weighted by atomic mass is 16.5. The molecule has 0 fully saturated rings. The Hall–Kier alpha value is -2.19. The lowest BCUT2D eigenvalue weighted by Crippen LogP contribution is -2.06. The summed E-state index contributed by atoms with van der Waals surface area (Å²) in [4.78, 5) is 4.15. The van der Waals surface area contributed by atoms with Crippen LogP contribution >= 0.6 is 0 Å². The molecule has 16 heavy (non-hydrogen) atoms. The summed E-state index contributed by atoms with van der Waals surface area (Å²) in [5.74, 6) is 0.885. The van der Waals surface area contributed by atoms with Gasteiger partial charge in [0.1, 0.15) is 0 Å². The van der Waals surface area contributed by atoms with E-state index >= 15 is 0 Å². The van der Waals surface area contributed by atoms with Gasteiger partial charge in [-0.3, -0.25) is 0 Å². The maximum atomic E-state index is 8.66. The van der Waals surface area contributed by atoms with Crippen molar-refractivity contribution in [1.29, 1.82) is 5.26 Å². The summed E-state index contributed by atoms with van der Waals surface area (Å²) in [6, 6.07) is 8.71. The number of nitrogens with two attached hydrogens (primary N) is 1. The van der Waals surface area contributed by atoms with Gasteiger partial charge < -0.3 is 10.3 Å². The first-order chi connectivity index (χ1) is 7.70. The van der Waals surface area contributed by atoms with Crippen molar-refractivity contribution in [3.8, 4) is 17.5 Å². The molecule has 0 aliphatic carbocycles. The van der Waals surface area contributed by atoms with Crippen molar-refractivity contribution in [2.45, 2.75) is 13.0 Å². The Morgan fingerprint density at radius 3 is 2.56 bits per heavy atom. The number of nitrogens with zero attached hydrogens (tertiary/aromatic N) is 3. The predicted molar refractivity (Wildman–Crippen MR) is 57.1 cm³/mol. The van der Waals surface area contributed by atoms with E-state index in [0.29, 0.717) is 17.3 Å². The Morgan fingerprint density at radius 2 is 2.06 bits per heavy atom. The standard InChI is InChI=1S/C11H10N4O/c1-7(13)10-14-11(16-15-10)9-4-2-8(6-12)3-5-9/h2-5,7H,13H2,1H3. The van der Waals surface area contributed by atoms with E-state index in [1.54, 1.807) is 31.2 Å². The molecule has 5 nitrogen and oxygen atoms in total. The first-order valence-electron chi connectivity index (χ1n) is 4.80. The third kappa shape index (κ3) is 1.92. The first kappa shape index (κ1) is 10.3. The first-order valence-corrected chi connectivity index (χ1v) is 4.80. The molecule has 0 aliphatic rings. The molecule has 0 radical (unpaired) electrons. The minimum Gasteiger partial charge on any atom is -0.334 e. The molecular weight excluding hydrogens is 204 g/mol. The van der Waals surface area contributed by atoms with Gasteiger partial charge in [-0.15, -0.1) is 0 Å². The largest absolute Gasteiger partial charge is 0.334 e. The summed E-state index contributed by atoms with van der Waals surface area (Å²) < 4.78 is 5.06. The zero-order chi connectivity index (χ0) is 11.5. The molecule has 0 saturated heterocycles. The van der Waals surface area contributed by atoms with Crippen LogP contribution in [0, 0.1) is 11.3 Å². The summed E-state index contributed by atoms with van der Waals surface area (Å²) in [6.07, 6.45) is 0. The van der Waals surface area contributed by atoms with Gasteiger partial charge in [0.15, 0.2) is 5.82 Å². The molecule has 1 atom stereocenters. The molecule has 2 aromatic rings. The third-order valence-electron chi connectivity index (χ3n) is 2.11. The van der Waals surface area contributed by atoms with Crippen molar-refractivity contribution in [3.63, 3.8) is 0 Å². The molecule has 0 spiro atoms. The van der Waals surface area contributed by atoms with E-state index < -0.39 is 0 Å². The predicted octanol–water partition coefficient (Wildman–Crippen LogP) is 1.63. The summed E-state index contributed by atoms with van der Waals surface area (Å²) in [7, 11) is 0. The second-order valence-corrected chi connectivity index (χ2v) is 3.44. The number of nitriles is 1. The Bertz CT molecular complexity index is 522. The van der Waals surface area contributed by atoms with Crippen LogP contribution in [0.5, 0.6) is 0 Å². The van der Waals surface area contributed by atoms with E-state index in [9.17, 15) is 0 Å². The number of benzene rings is 1. The third-order valence-corrected chi connectivity index (χ3v) is 2.11. The topological polar surface area (TPSA) is 88.7 Å². The lowest BCUT2D eigenvalue weighted by Gasteiger charge is -1.94. The van der Waals surface area contributed by atoms with E-state index in [0.717, 1.165) is 5.56 Å². The van der Waals surface area contributed by atoms with Crippen LogP contribution in [0.25, 0.3) is 11.5 Å². The molecule has 2 N–H and O–H groups in total. The highest BCUT2D eigenvalue weighted by Gasteiger charge is 2.11. The van der Waals surface area contributed by atoms with Gasteiger partial charge in [0, 0.05) is 5.56 Å². The fourth-order valence-electron chi connectivity index (χ4n) is 1.22. The molecule has 0 amide bonds. The lowest BCUT2D eigenvalue weighted by atomic mass is 10.1. The van der Waals surface area contributed by atoms with Crippen LogP contribution in [0.4, 0.5) is 0 Å². The molecule has 0 aliphatic heterocycles. The van der Waals surface area contributed by atoms with Gasteiger partial charge in [-0.05, 0) is 31.2 Å². The number of aromatic nitrogens is 2. The van der Waals surface area contributed by atoms with Gasteiger partial charge in [0.05, 0.1) is 17.7 Å². The van der Waals surface area contributed by atoms with Gasteiger partial charge in [-0.2, -0.15) is 10.2 Å². The zero-order valence-corrected chi connectivity index (χ0v) is 8.71. The second-order valence-electron chi connectivity index (χ2n) is 3.44. The Kier molecular flexibility index (Phi) is 2.66. The lowest BCUT2D eigenvalue weighted by molar-refractivity contribution is 0.418. The van der Waals surface area contributed by atoms with E-state index in [1.807, 2.05) is 6.07 Å². The van der Waals surface area contributed by atoms with Gasteiger partial charge in [0.2, 0.25) is 0 Å². The summed E-state index contributed by atoms with van der Waals surface area (Å²) in [5.41, 5.74) is 6.99. The number of hydrogen-bond acceptors (Lipinski definition) is 5. The molecule has 80 valence electrons. The normalized spacial score (nSPS) is 12.1. The summed E-state index contributed by atoms with van der Waals surface area (Å²) >= 11 is 0. The van der Waals surface area contributed by atoms with Crippen molar-refractivity contribution in [2.75, 3.05) is 0 Å². The van der Waals surface area contributed by atoms with Gasteiger partial charge in [-0.25, -0.2) is 0 Å². The molecule has 1 unspecified atom stereocenters. The minimum atomic E-state index is -0.254. The molecule has 1 aromatic carbocycles. The molecule has 1 aromatic heterocycles. The quantitative estimate of drug-likeness (QED) is 0.820. The monoisotopic (exact) mass is 214 g/mol. The van der Waals surface area contributed by atoms with Gasteiger partial charge in [-0.1, -0.05) is 5.16 Å². The Labute approximate surface area is 92.5 Å². The molecule has 2 rings (SSSR count). The number of hydrogen-bond donors (Lipinski definition) is 1. The van der Waals surface area contributed by atoms with Crippen LogP contribution in [0.3, 0.4) is 0 Å². The minimum absolute atomic E-state index is 0.254. The van der Waals surface area contributed by atoms with Crippen molar-refractivity contribution in [2.24, 2.45) is 5.73 Å². The maximum Gasteiger partial charge on any atom is 0.257 e. The van der Waals surface area contributed by atoms with E-state index in [-0.39, 0.29) is 6.04 Å². The molecule has 0 bridgehead atoms. The van der Waals surface area contributed by atoms with E-state index in [1.165, 1.54) is 0 Å². The molecule has 5 heteroatoms. The molecule has 0 saturated carbocycles. The van der Waals surface area contributed by atoms with Crippen LogP contribution in [-0.4, -0.2) is 10.1 Å². The molecule has 1 heterocycles. The average molecular weight is 214 g/mol. The smallest absolute Gasteiger partial charge is 0.257 e. The average Bonchev–Trinajstić information content (AvgIpc) is 2.78. The van der Waals surface area contributed by atoms with E-state index in [4.69, 9.17) is 15.5 Å². The van der Waals surface area contributed by atoms with Crippen molar-refractivity contribution >= 4 is 0 Å². The summed E-state index contributed by atoms with van der Waals surface area (Å²) in [6.45, 7) is 1.79. The van der Waals surface area contributed by atoms with Gasteiger partial charge >= 0.3 is 0 Å². The van der Waals surface area contributed by atoms with Gasteiger partial charge in [0.25, 0.3) is 5.89 Å². The Balaban J connectivity index is 2.32. The Morgan fingerprint density at radius 1 is 1.38 bits per heavy atom. The summed E-state index contributed by atoms with van der Waals surface area (Å²) in [5, 5.41) is 12.4. The van der Waals surface area contributed by atoms with Crippen LogP contribution in [0.2, 0.25) is 0 Å². The van der Waals surface area contributed by atoms with E-state index in [2.05, 4.69) is 10.1 Å². The zero-order valence-electron chi connectivity index (χ0n) is 8.71. The maximum absolute atomic E-state index is 8.66.